The van der Waals surface area contributed by atoms with Crippen molar-refractivity contribution in [3.63, 3.8) is 0 Å². The molecule has 3 aliphatic rings. The van der Waals surface area contributed by atoms with Gasteiger partial charge < -0.3 is 20.1 Å². The van der Waals surface area contributed by atoms with Crippen molar-refractivity contribution in [2.75, 3.05) is 50.5 Å². The quantitative estimate of drug-likeness (QED) is 0.197. The summed E-state index contributed by atoms with van der Waals surface area (Å²) in [5, 5.41) is 12.1. The summed E-state index contributed by atoms with van der Waals surface area (Å²) in [6.45, 7) is 5.82. The summed E-state index contributed by atoms with van der Waals surface area (Å²) in [5.41, 5.74) is 5.82. The Balaban J connectivity index is 1.69. The molecule has 196 valence electrons. The van der Waals surface area contributed by atoms with Crippen LogP contribution in [0.15, 0.2) is 23.8 Å². The molecule has 1 aromatic heterocycles. The first kappa shape index (κ1) is 25.9. The van der Waals surface area contributed by atoms with Gasteiger partial charge in [-0.15, -0.1) is 0 Å². The number of hydrogen-bond acceptors (Lipinski definition) is 10. The molecule has 1 unspecified atom stereocenters. The molecule has 0 spiro atoms. The second-order valence-corrected chi connectivity index (χ2v) is 9.78. The van der Waals surface area contributed by atoms with E-state index >= 15 is 0 Å². The number of unbranched alkanes of at least 4 members (excludes halogenated alkanes) is 1. The van der Waals surface area contributed by atoms with Gasteiger partial charge in [0.1, 0.15) is 5.54 Å². The number of likely N-dealkylation sites (tertiary alicyclic amines) is 1. The summed E-state index contributed by atoms with van der Waals surface area (Å²) in [4.78, 5) is 37.0. The molecule has 0 amide bonds. The van der Waals surface area contributed by atoms with Gasteiger partial charge in [0.05, 0.1) is 18.6 Å². The van der Waals surface area contributed by atoms with Crippen LogP contribution in [0, 0.1) is 16.0 Å². The Kier molecular flexibility index (Phi) is 8.07. The zero-order valence-electron chi connectivity index (χ0n) is 21.1. The number of nitro groups is 1. The Morgan fingerprint density at radius 3 is 2.72 bits per heavy atom. The Hall–Kier alpha value is -3.21. The SMILES string of the molecule is CCCCOc1nc(N)c([N+](=O)[O-])c(N(CC2C=C(CN3CCCC3)C=CC2)C2(C(=O)OC)CC2)n1. The molecule has 11 heteroatoms. The lowest BCUT2D eigenvalue weighted by Gasteiger charge is -2.34. The maximum atomic E-state index is 12.9. The smallest absolute Gasteiger partial charge is 0.353 e. The van der Waals surface area contributed by atoms with Crippen molar-refractivity contribution in [1.29, 1.82) is 0 Å². The average Bonchev–Trinajstić information content (AvgIpc) is 3.50. The lowest BCUT2D eigenvalue weighted by molar-refractivity contribution is -0.383. The van der Waals surface area contributed by atoms with Crippen molar-refractivity contribution in [3.8, 4) is 6.01 Å². The number of allylic oxidation sites excluding steroid dienone is 1. The number of ether oxygens (including phenoxy) is 2. The van der Waals surface area contributed by atoms with Crippen LogP contribution in [0.1, 0.15) is 51.9 Å². The fourth-order valence-corrected chi connectivity index (χ4v) is 5.02. The van der Waals surface area contributed by atoms with E-state index in [1.54, 1.807) is 4.90 Å². The third kappa shape index (κ3) is 5.61. The van der Waals surface area contributed by atoms with Gasteiger partial charge in [-0.25, -0.2) is 4.79 Å². The lowest BCUT2D eigenvalue weighted by Crippen LogP contribution is -2.47. The highest BCUT2D eigenvalue weighted by Gasteiger charge is 2.58. The van der Waals surface area contributed by atoms with Gasteiger partial charge in [-0.3, -0.25) is 15.0 Å². The number of esters is 1. The Bertz CT molecular complexity index is 1030. The summed E-state index contributed by atoms with van der Waals surface area (Å²) >= 11 is 0. The third-order valence-electron chi connectivity index (χ3n) is 7.09. The summed E-state index contributed by atoms with van der Waals surface area (Å²) in [7, 11) is 1.33. The van der Waals surface area contributed by atoms with Gasteiger partial charge in [-0.2, -0.15) is 9.97 Å². The lowest BCUT2D eigenvalue weighted by atomic mass is 9.94. The summed E-state index contributed by atoms with van der Waals surface area (Å²) < 4.78 is 10.8. The number of aromatic nitrogens is 2. The van der Waals surface area contributed by atoms with E-state index in [4.69, 9.17) is 15.2 Å². The minimum atomic E-state index is -1.02. The minimum Gasteiger partial charge on any atom is -0.467 e. The predicted molar refractivity (Wildman–Crippen MR) is 136 cm³/mol. The number of hydrogen-bond donors (Lipinski definition) is 1. The number of carbonyl (C=O) groups excluding carboxylic acids is 1. The van der Waals surface area contributed by atoms with Crippen molar-refractivity contribution in [2.24, 2.45) is 5.92 Å². The Morgan fingerprint density at radius 2 is 2.08 bits per heavy atom. The number of nitrogens with two attached hydrogens (primary N) is 1. The number of methoxy groups -OCH3 is 1. The average molecular weight is 501 g/mol. The third-order valence-corrected chi connectivity index (χ3v) is 7.09. The van der Waals surface area contributed by atoms with E-state index in [9.17, 15) is 14.9 Å². The molecule has 2 N–H and O–H groups in total. The first-order valence-electron chi connectivity index (χ1n) is 12.8. The fourth-order valence-electron chi connectivity index (χ4n) is 5.02. The molecule has 36 heavy (non-hydrogen) atoms. The van der Waals surface area contributed by atoms with E-state index in [-0.39, 0.29) is 23.6 Å². The van der Waals surface area contributed by atoms with E-state index in [0.717, 1.165) is 38.9 Å². The maximum Gasteiger partial charge on any atom is 0.353 e. The molecule has 0 radical (unpaired) electrons. The van der Waals surface area contributed by atoms with Gasteiger partial charge in [0, 0.05) is 13.1 Å². The first-order valence-corrected chi connectivity index (χ1v) is 12.8. The van der Waals surface area contributed by atoms with Crippen LogP contribution in [-0.2, 0) is 9.53 Å². The normalized spacial score (nSPS) is 20.6. The molecule has 1 aromatic rings. The van der Waals surface area contributed by atoms with Crippen LogP contribution in [-0.4, -0.2) is 71.2 Å². The van der Waals surface area contributed by atoms with Gasteiger partial charge in [-0.1, -0.05) is 31.6 Å². The van der Waals surface area contributed by atoms with Gasteiger partial charge in [-0.05, 0) is 63.1 Å². The van der Waals surface area contributed by atoms with Gasteiger partial charge in [0.2, 0.25) is 11.6 Å². The Labute approximate surface area is 211 Å². The molecular weight excluding hydrogens is 464 g/mol. The minimum absolute atomic E-state index is 0.00550. The van der Waals surface area contributed by atoms with Gasteiger partial charge in [0.15, 0.2) is 0 Å². The number of carbonyl (C=O) groups is 1. The van der Waals surface area contributed by atoms with Crippen molar-refractivity contribution in [3.05, 3.63) is 33.9 Å². The van der Waals surface area contributed by atoms with Crippen molar-refractivity contribution in [2.45, 2.75) is 57.4 Å². The van der Waals surface area contributed by atoms with E-state index < -0.39 is 22.1 Å². The molecule has 0 bridgehead atoms. The topological polar surface area (TPSA) is 137 Å². The van der Waals surface area contributed by atoms with Gasteiger partial charge in [0.25, 0.3) is 0 Å². The first-order chi connectivity index (χ1) is 17.4. The van der Waals surface area contributed by atoms with Crippen LogP contribution in [0.3, 0.4) is 0 Å². The molecule has 1 saturated carbocycles. The highest BCUT2D eigenvalue weighted by atomic mass is 16.6. The largest absolute Gasteiger partial charge is 0.467 e. The van der Waals surface area contributed by atoms with Crippen LogP contribution < -0.4 is 15.4 Å². The molecule has 1 saturated heterocycles. The van der Waals surface area contributed by atoms with Gasteiger partial charge >= 0.3 is 17.7 Å². The summed E-state index contributed by atoms with van der Waals surface area (Å²) in [6, 6.07) is -0.0268. The molecule has 1 atom stereocenters. The van der Waals surface area contributed by atoms with Crippen LogP contribution in [0.5, 0.6) is 6.01 Å². The number of nitrogens with zero attached hydrogens (tertiary/aromatic N) is 5. The van der Waals surface area contributed by atoms with Crippen molar-refractivity contribution >= 4 is 23.3 Å². The molecule has 4 rings (SSSR count). The second kappa shape index (κ2) is 11.2. The summed E-state index contributed by atoms with van der Waals surface area (Å²) in [5.74, 6) is -0.674. The molecular formula is C25H36N6O5. The molecule has 11 nitrogen and oxygen atoms in total. The highest BCUT2D eigenvalue weighted by molar-refractivity contribution is 5.90. The van der Waals surface area contributed by atoms with Crippen molar-refractivity contribution < 1.29 is 19.2 Å². The Morgan fingerprint density at radius 1 is 1.33 bits per heavy atom. The standard InChI is InChI=1S/C25H36N6O5/c1-3-4-14-36-24-27-21(26)20(31(33)34)22(28-24)30(25(10-11-25)23(32)35-2)17-19-9-7-8-18(15-19)16-29-12-5-6-13-29/h7-8,15,19H,3-6,9-14,16-17H2,1-2H3,(H2,26,27,28). The maximum absolute atomic E-state index is 12.9. The monoisotopic (exact) mass is 500 g/mol. The molecule has 2 fully saturated rings. The van der Waals surface area contributed by atoms with Crippen LogP contribution in [0.2, 0.25) is 0 Å². The van der Waals surface area contributed by atoms with Crippen molar-refractivity contribution in [1.82, 2.24) is 14.9 Å². The molecule has 2 heterocycles. The van der Waals surface area contributed by atoms with E-state index in [2.05, 4.69) is 33.1 Å². The second-order valence-electron chi connectivity index (χ2n) is 9.78. The van der Waals surface area contributed by atoms with E-state index in [1.807, 2.05) is 6.92 Å². The number of nitrogen functional groups attached to an aromatic ring is 1. The van der Waals surface area contributed by atoms with Crippen LogP contribution in [0.4, 0.5) is 17.3 Å². The number of rotatable bonds is 12. The molecule has 1 aliphatic heterocycles. The molecule has 0 aromatic carbocycles. The van der Waals surface area contributed by atoms with Crippen LogP contribution >= 0.6 is 0 Å². The predicted octanol–water partition coefficient (Wildman–Crippen LogP) is 3.26. The summed E-state index contributed by atoms with van der Waals surface area (Å²) in [6.07, 6.45) is 12.4. The zero-order chi connectivity index (χ0) is 25.7. The highest BCUT2D eigenvalue weighted by Crippen LogP contribution is 2.48. The van der Waals surface area contributed by atoms with Crippen LogP contribution in [0.25, 0.3) is 0 Å². The number of anilines is 2. The van der Waals surface area contributed by atoms with E-state index in [1.165, 1.54) is 25.5 Å². The fraction of sp³-hybridized carbons (Fsp3) is 0.640. The molecule has 2 aliphatic carbocycles. The zero-order valence-corrected chi connectivity index (χ0v) is 21.1. The van der Waals surface area contributed by atoms with E-state index in [0.29, 0.717) is 26.0 Å².